The summed E-state index contributed by atoms with van der Waals surface area (Å²) in [5.41, 5.74) is 3.02. The van der Waals surface area contributed by atoms with Crippen molar-refractivity contribution >= 4 is 5.91 Å². The van der Waals surface area contributed by atoms with Crippen molar-refractivity contribution in [2.75, 3.05) is 6.54 Å². The maximum Gasteiger partial charge on any atom is 0.219 e. The molecule has 3 unspecified atom stereocenters. The molecule has 1 aromatic rings. The fourth-order valence-corrected chi connectivity index (χ4v) is 3.49. The Balaban J connectivity index is 2.11. The molecule has 0 aromatic carbocycles. The molecular formula is C18H27NO2. The molecule has 1 heterocycles. The summed E-state index contributed by atoms with van der Waals surface area (Å²) in [6.45, 7) is 12.1. The van der Waals surface area contributed by atoms with Gasteiger partial charge in [0.25, 0.3) is 0 Å². The number of hydrogen-bond acceptors (Lipinski definition) is 2. The van der Waals surface area contributed by atoms with E-state index in [0.29, 0.717) is 24.3 Å². The lowest BCUT2D eigenvalue weighted by molar-refractivity contribution is -0.130. The number of allylic oxidation sites excluding steroid dienone is 2. The van der Waals surface area contributed by atoms with Gasteiger partial charge in [0.15, 0.2) is 0 Å². The highest BCUT2D eigenvalue weighted by molar-refractivity contribution is 5.73. The van der Waals surface area contributed by atoms with E-state index in [9.17, 15) is 4.79 Å². The maximum atomic E-state index is 12.0. The molecule has 0 saturated carbocycles. The van der Waals surface area contributed by atoms with Crippen molar-refractivity contribution in [1.82, 2.24) is 4.90 Å². The Bertz CT molecular complexity index is 515. The summed E-state index contributed by atoms with van der Waals surface area (Å²) in [5.74, 6) is 2.64. The van der Waals surface area contributed by atoms with Crippen molar-refractivity contribution in [1.29, 1.82) is 0 Å². The van der Waals surface area contributed by atoms with Crippen LogP contribution in [-0.2, 0) is 11.3 Å². The van der Waals surface area contributed by atoms with Crippen molar-refractivity contribution in [2.45, 2.75) is 47.6 Å². The van der Waals surface area contributed by atoms with E-state index in [1.165, 1.54) is 11.1 Å². The van der Waals surface area contributed by atoms with E-state index >= 15 is 0 Å². The van der Waals surface area contributed by atoms with E-state index in [1.807, 2.05) is 17.0 Å². The number of rotatable bonds is 4. The third-order valence-corrected chi connectivity index (χ3v) is 5.16. The van der Waals surface area contributed by atoms with Crippen LogP contribution in [0.15, 0.2) is 34.0 Å². The Morgan fingerprint density at radius 2 is 2.10 bits per heavy atom. The summed E-state index contributed by atoms with van der Waals surface area (Å²) >= 11 is 0. The number of carbonyl (C=O) groups excluding carboxylic acids is 1. The number of carbonyl (C=O) groups is 1. The standard InChI is InChI=1S/C18H27NO2/c1-12-9-13(2)18(15(4)14(12)3)11-19(16(5)20)10-17-7-6-8-21-17/h6-8,13,15,18H,9-11H2,1-5H3. The van der Waals surface area contributed by atoms with Crippen LogP contribution in [-0.4, -0.2) is 17.4 Å². The summed E-state index contributed by atoms with van der Waals surface area (Å²) < 4.78 is 5.39. The molecule has 0 spiro atoms. The van der Waals surface area contributed by atoms with Crippen LogP contribution in [0.3, 0.4) is 0 Å². The monoisotopic (exact) mass is 289 g/mol. The Morgan fingerprint density at radius 3 is 2.67 bits per heavy atom. The van der Waals surface area contributed by atoms with Crippen molar-refractivity contribution < 1.29 is 9.21 Å². The summed E-state index contributed by atoms with van der Waals surface area (Å²) in [5, 5.41) is 0. The predicted molar refractivity (Wildman–Crippen MR) is 84.6 cm³/mol. The quantitative estimate of drug-likeness (QED) is 0.776. The molecule has 1 aromatic heterocycles. The lowest BCUT2D eigenvalue weighted by atomic mass is 9.71. The third-order valence-electron chi connectivity index (χ3n) is 5.16. The number of hydrogen-bond donors (Lipinski definition) is 0. The first kappa shape index (κ1) is 15.9. The van der Waals surface area contributed by atoms with Gasteiger partial charge in [-0.1, -0.05) is 25.0 Å². The molecule has 0 radical (unpaired) electrons. The van der Waals surface area contributed by atoms with Crippen LogP contribution in [0.25, 0.3) is 0 Å². The molecule has 3 heteroatoms. The zero-order valence-corrected chi connectivity index (χ0v) is 13.8. The minimum atomic E-state index is 0.120. The fourth-order valence-electron chi connectivity index (χ4n) is 3.49. The molecule has 1 amide bonds. The average Bonchev–Trinajstić information content (AvgIpc) is 2.92. The summed E-state index contributed by atoms with van der Waals surface area (Å²) in [6.07, 6.45) is 2.81. The topological polar surface area (TPSA) is 33.5 Å². The second-order valence-corrected chi connectivity index (χ2v) is 6.58. The minimum absolute atomic E-state index is 0.120. The van der Waals surface area contributed by atoms with E-state index < -0.39 is 0 Å². The van der Waals surface area contributed by atoms with Crippen molar-refractivity contribution in [2.24, 2.45) is 17.8 Å². The molecule has 3 nitrogen and oxygen atoms in total. The first-order valence-electron chi connectivity index (χ1n) is 7.84. The highest BCUT2D eigenvalue weighted by Gasteiger charge is 2.32. The Labute approximate surface area is 128 Å². The Morgan fingerprint density at radius 1 is 1.38 bits per heavy atom. The van der Waals surface area contributed by atoms with Crippen LogP contribution in [0.1, 0.15) is 46.8 Å². The Kier molecular flexibility index (Phi) is 4.92. The summed E-state index contributed by atoms with van der Waals surface area (Å²) in [6, 6.07) is 3.80. The molecule has 0 fully saturated rings. The lowest BCUT2D eigenvalue weighted by Crippen LogP contribution is -2.39. The number of amides is 1. The van der Waals surface area contributed by atoms with E-state index in [1.54, 1.807) is 13.2 Å². The molecule has 0 N–H and O–H groups in total. The van der Waals surface area contributed by atoms with Crippen LogP contribution in [0.2, 0.25) is 0 Å². The van der Waals surface area contributed by atoms with E-state index in [4.69, 9.17) is 4.42 Å². The van der Waals surface area contributed by atoms with Gasteiger partial charge in [0.05, 0.1) is 12.8 Å². The van der Waals surface area contributed by atoms with Crippen LogP contribution in [0.4, 0.5) is 0 Å². The van der Waals surface area contributed by atoms with E-state index in [0.717, 1.165) is 18.7 Å². The maximum absolute atomic E-state index is 12.0. The van der Waals surface area contributed by atoms with Gasteiger partial charge in [0.1, 0.15) is 5.76 Å². The molecule has 0 saturated heterocycles. The van der Waals surface area contributed by atoms with Crippen LogP contribution >= 0.6 is 0 Å². The van der Waals surface area contributed by atoms with Gasteiger partial charge in [0, 0.05) is 13.5 Å². The summed E-state index contributed by atoms with van der Waals surface area (Å²) in [4.78, 5) is 13.9. The van der Waals surface area contributed by atoms with Crippen LogP contribution in [0, 0.1) is 17.8 Å². The lowest BCUT2D eigenvalue weighted by Gasteiger charge is -2.39. The third kappa shape index (κ3) is 3.58. The van der Waals surface area contributed by atoms with Gasteiger partial charge in [-0.15, -0.1) is 0 Å². The van der Waals surface area contributed by atoms with Crippen LogP contribution < -0.4 is 0 Å². The highest BCUT2D eigenvalue weighted by atomic mass is 16.3. The molecule has 3 atom stereocenters. The molecule has 1 aliphatic rings. The smallest absolute Gasteiger partial charge is 0.219 e. The van der Waals surface area contributed by atoms with Crippen molar-refractivity contribution in [3.8, 4) is 0 Å². The molecule has 1 aliphatic carbocycles. The number of nitrogens with zero attached hydrogens (tertiary/aromatic N) is 1. The van der Waals surface area contributed by atoms with Gasteiger partial charge in [0.2, 0.25) is 5.91 Å². The van der Waals surface area contributed by atoms with Crippen molar-refractivity contribution in [3.63, 3.8) is 0 Å². The number of furan rings is 1. The second kappa shape index (κ2) is 6.50. The largest absolute Gasteiger partial charge is 0.467 e. The molecule has 0 aliphatic heterocycles. The predicted octanol–water partition coefficient (Wildman–Crippen LogP) is 4.26. The first-order valence-corrected chi connectivity index (χ1v) is 7.84. The molecule has 116 valence electrons. The van der Waals surface area contributed by atoms with Crippen LogP contribution in [0.5, 0.6) is 0 Å². The summed E-state index contributed by atoms with van der Waals surface area (Å²) in [7, 11) is 0. The Hall–Kier alpha value is -1.51. The zero-order chi connectivity index (χ0) is 15.6. The molecule has 0 bridgehead atoms. The normalized spacial score (nSPS) is 26.0. The average molecular weight is 289 g/mol. The highest BCUT2D eigenvalue weighted by Crippen LogP contribution is 2.38. The zero-order valence-electron chi connectivity index (χ0n) is 13.8. The molecule has 21 heavy (non-hydrogen) atoms. The van der Waals surface area contributed by atoms with Gasteiger partial charge < -0.3 is 9.32 Å². The van der Waals surface area contributed by atoms with Crippen molar-refractivity contribution in [3.05, 3.63) is 35.3 Å². The van der Waals surface area contributed by atoms with Gasteiger partial charge in [-0.05, 0) is 50.2 Å². The second-order valence-electron chi connectivity index (χ2n) is 6.58. The first-order chi connectivity index (χ1) is 9.90. The minimum Gasteiger partial charge on any atom is -0.467 e. The molecule has 2 rings (SSSR count). The van der Waals surface area contributed by atoms with E-state index in [-0.39, 0.29) is 5.91 Å². The van der Waals surface area contributed by atoms with Gasteiger partial charge in [-0.2, -0.15) is 0 Å². The SMILES string of the molecule is CC(=O)N(Cc1ccco1)CC1C(C)CC(C)=C(C)C1C. The van der Waals surface area contributed by atoms with Gasteiger partial charge in [-0.3, -0.25) is 4.79 Å². The fraction of sp³-hybridized carbons (Fsp3) is 0.611. The van der Waals surface area contributed by atoms with Gasteiger partial charge in [-0.25, -0.2) is 0 Å². The van der Waals surface area contributed by atoms with E-state index in [2.05, 4.69) is 27.7 Å². The molecular weight excluding hydrogens is 262 g/mol. The van der Waals surface area contributed by atoms with Gasteiger partial charge >= 0.3 is 0 Å².